The lowest BCUT2D eigenvalue weighted by molar-refractivity contribution is -0.143. The van der Waals surface area contributed by atoms with Gasteiger partial charge in [-0.3, -0.25) is 5.32 Å². The maximum Gasteiger partial charge on any atom is 0.327 e. The summed E-state index contributed by atoms with van der Waals surface area (Å²) in [5.41, 5.74) is 3.27. The van der Waals surface area contributed by atoms with Gasteiger partial charge in [-0.25, -0.2) is 4.79 Å². The predicted octanol–water partition coefficient (Wildman–Crippen LogP) is 3.32. The number of rotatable bonds is 5. The molecule has 0 radical (unpaired) electrons. The van der Waals surface area contributed by atoms with Crippen molar-refractivity contribution in [1.82, 2.24) is 5.32 Å². The van der Waals surface area contributed by atoms with Gasteiger partial charge in [0.15, 0.2) is 0 Å². The first kappa shape index (κ1) is 13.8. The van der Waals surface area contributed by atoms with E-state index < -0.39 is 0 Å². The Balaban J connectivity index is 1.82. The molecule has 2 aromatic rings. The third-order valence-electron chi connectivity index (χ3n) is 3.77. The number of nitrogens with one attached hydrogen (secondary N) is 1. The fourth-order valence-electron chi connectivity index (χ4n) is 2.40. The van der Waals surface area contributed by atoms with Crippen LogP contribution >= 0.6 is 0 Å². The quantitative estimate of drug-likeness (QED) is 0.854. The van der Waals surface area contributed by atoms with Crippen LogP contribution in [0.3, 0.4) is 0 Å². The second kappa shape index (κ2) is 6.10. The molecule has 0 aliphatic heterocycles. The molecule has 108 valence electrons. The van der Waals surface area contributed by atoms with Crippen LogP contribution in [-0.2, 0) is 9.53 Å². The molecule has 3 nitrogen and oxygen atoms in total. The summed E-state index contributed by atoms with van der Waals surface area (Å²) in [5.74, 6) is -0.227. The van der Waals surface area contributed by atoms with Crippen molar-refractivity contribution in [3.63, 3.8) is 0 Å². The van der Waals surface area contributed by atoms with Crippen molar-refractivity contribution >= 4 is 5.97 Å². The van der Waals surface area contributed by atoms with Gasteiger partial charge in [-0.2, -0.15) is 0 Å². The van der Waals surface area contributed by atoms with Crippen molar-refractivity contribution in [2.24, 2.45) is 0 Å². The predicted molar refractivity (Wildman–Crippen MR) is 82.8 cm³/mol. The summed E-state index contributed by atoms with van der Waals surface area (Å²) in [6, 6.07) is 18.4. The smallest absolute Gasteiger partial charge is 0.327 e. The highest BCUT2D eigenvalue weighted by molar-refractivity contribution is 5.78. The van der Waals surface area contributed by atoms with Gasteiger partial charge in [0, 0.05) is 6.04 Å². The molecule has 2 aromatic carbocycles. The number of carbonyl (C=O) groups is 1. The Hall–Kier alpha value is -2.13. The maximum atomic E-state index is 11.9. The van der Waals surface area contributed by atoms with Crippen molar-refractivity contribution in [3.8, 4) is 11.1 Å². The monoisotopic (exact) mass is 281 g/mol. The Kier molecular flexibility index (Phi) is 4.02. The van der Waals surface area contributed by atoms with Crippen molar-refractivity contribution < 1.29 is 9.53 Å². The standard InChI is InChI=1S/C18H19NO2/c1-21-18(20)17(19-16-11-12-16)15-9-7-14(8-10-15)13-5-3-2-4-6-13/h2-10,16-17,19H,11-12H2,1H3. The van der Waals surface area contributed by atoms with E-state index in [1.165, 1.54) is 12.7 Å². The number of methoxy groups -OCH3 is 1. The minimum Gasteiger partial charge on any atom is -0.468 e. The second-order valence-electron chi connectivity index (χ2n) is 5.39. The third-order valence-corrected chi connectivity index (χ3v) is 3.77. The van der Waals surface area contributed by atoms with Crippen molar-refractivity contribution in [2.45, 2.75) is 24.9 Å². The molecular weight excluding hydrogens is 262 g/mol. The molecule has 0 spiro atoms. The van der Waals surface area contributed by atoms with Crippen molar-refractivity contribution in [1.29, 1.82) is 0 Å². The fourth-order valence-corrected chi connectivity index (χ4v) is 2.40. The van der Waals surface area contributed by atoms with Crippen LogP contribution in [0.4, 0.5) is 0 Å². The van der Waals surface area contributed by atoms with E-state index in [9.17, 15) is 4.79 Å². The SMILES string of the molecule is COC(=O)C(NC1CC1)c1ccc(-c2ccccc2)cc1. The third kappa shape index (κ3) is 3.31. The molecule has 21 heavy (non-hydrogen) atoms. The van der Waals surface area contributed by atoms with Gasteiger partial charge in [0.05, 0.1) is 7.11 Å². The van der Waals surface area contributed by atoms with Crippen molar-refractivity contribution in [3.05, 3.63) is 60.2 Å². The molecule has 0 saturated heterocycles. The lowest BCUT2D eigenvalue weighted by Gasteiger charge is -2.17. The molecular formula is C18H19NO2. The molecule has 1 aliphatic carbocycles. The van der Waals surface area contributed by atoms with E-state index in [-0.39, 0.29) is 12.0 Å². The molecule has 1 saturated carbocycles. The second-order valence-corrected chi connectivity index (χ2v) is 5.39. The van der Waals surface area contributed by atoms with E-state index in [1.54, 1.807) is 0 Å². The molecule has 1 unspecified atom stereocenters. The highest BCUT2D eigenvalue weighted by atomic mass is 16.5. The highest BCUT2D eigenvalue weighted by Crippen LogP contribution is 2.27. The summed E-state index contributed by atoms with van der Waals surface area (Å²) in [6.07, 6.45) is 2.27. The summed E-state index contributed by atoms with van der Waals surface area (Å²) in [5, 5.41) is 3.34. The summed E-state index contributed by atoms with van der Waals surface area (Å²) in [7, 11) is 1.43. The van der Waals surface area contributed by atoms with Gasteiger partial charge in [-0.05, 0) is 29.5 Å². The average Bonchev–Trinajstić information content (AvgIpc) is 3.37. The highest BCUT2D eigenvalue weighted by Gasteiger charge is 2.29. The molecule has 1 fully saturated rings. The minimum absolute atomic E-state index is 0.227. The Morgan fingerprint density at radius 3 is 2.24 bits per heavy atom. The van der Waals surface area contributed by atoms with Gasteiger partial charge in [-0.1, -0.05) is 54.6 Å². The first-order chi connectivity index (χ1) is 10.3. The van der Waals surface area contributed by atoms with Crippen molar-refractivity contribution in [2.75, 3.05) is 7.11 Å². The minimum atomic E-state index is -0.368. The molecule has 3 heteroatoms. The average molecular weight is 281 g/mol. The number of esters is 1. The molecule has 3 rings (SSSR count). The van der Waals surface area contributed by atoms with Crippen LogP contribution in [0.25, 0.3) is 11.1 Å². The lowest BCUT2D eigenvalue weighted by atomic mass is 10.0. The molecule has 0 amide bonds. The zero-order chi connectivity index (χ0) is 14.7. The van der Waals surface area contributed by atoms with Gasteiger partial charge in [0.1, 0.15) is 6.04 Å². The number of hydrogen-bond acceptors (Lipinski definition) is 3. The summed E-state index contributed by atoms with van der Waals surface area (Å²) in [4.78, 5) is 11.9. The largest absolute Gasteiger partial charge is 0.468 e. The van der Waals surface area contributed by atoms with Crippen LogP contribution < -0.4 is 5.32 Å². The zero-order valence-electron chi connectivity index (χ0n) is 12.1. The zero-order valence-corrected chi connectivity index (χ0v) is 12.1. The van der Waals surface area contributed by atoms with Gasteiger partial charge < -0.3 is 4.74 Å². The van der Waals surface area contributed by atoms with Crippen LogP contribution in [0.1, 0.15) is 24.4 Å². The van der Waals surface area contributed by atoms with E-state index in [2.05, 4.69) is 29.6 Å². The topological polar surface area (TPSA) is 38.3 Å². The van der Waals surface area contributed by atoms with E-state index in [0.29, 0.717) is 6.04 Å². The molecule has 1 aliphatic rings. The van der Waals surface area contributed by atoms with E-state index >= 15 is 0 Å². The van der Waals surface area contributed by atoms with E-state index in [4.69, 9.17) is 4.74 Å². The van der Waals surface area contributed by atoms with E-state index in [1.807, 2.05) is 30.3 Å². The van der Waals surface area contributed by atoms with Crippen LogP contribution in [0.2, 0.25) is 0 Å². The summed E-state index contributed by atoms with van der Waals surface area (Å²) >= 11 is 0. The first-order valence-electron chi connectivity index (χ1n) is 7.27. The number of ether oxygens (including phenoxy) is 1. The lowest BCUT2D eigenvalue weighted by Crippen LogP contribution is -2.31. The molecule has 1 atom stereocenters. The summed E-state index contributed by atoms with van der Waals surface area (Å²) in [6.45, 7) is 0. The molecule has 1 N–H and O–H groups in total. The molecule has 0 aromatic heterocycles. The molecule has 0 bridgehead atoms. The Morgan fingerprint density at radius 2 is 1.67 bits per heavy atom. The normalized spacial score (nSPS) is 15.5. The Bertz CT molecular complexity index is 603. The van der Waals surface area contributed by atoms with E-state index in [0.717, 1.165) is 24.0 Å². The van der Waals surface area contributed by atoms with Gasteiger partial charge >= 0.3 is 5.97 Å². The summed E-state index contributed by atoms with van der Waals surface area (Å²) < 4.78 is 4.91. The Labute approximate surface area is 124 Å². The number of carbonyl (C=O) groups excluding carboxylic acids is 1. The van der Waals surface area contributed by atoms with Crippen LogP contribution in [0.15, 0.2) is 54.6 Å². The fraction of sp³-hybridized carbons (Fsp3) is 0.278. The van der Waals surface area contributed by atoms with Gasteiger partial charge in [-0.15, -0.1) is 0 Å². The first-order valence-corrected chi connectivity index (χ1v) is 7.27. The van der Waals surface area contributed by atoms with Gasteiger partial charge in [0.2, 0.25) is 0 Å². The number of hydrogen-bond donors (Lipinski definition) is 1. The number of benzene rings is 2. The van der Waals surface area contributed by atoms with Gasteiger partial charge in [0.25, 0.3) is 0 Å². The van der Waals surface area contributed by atoms with Crippen LogP contribution in [0.5, 0.6) is 0 Å². The van der Waals surface area contributed by atoms with Crippen LogP contribution in [-0.4, -0.2) is 19.1 Å². The molecule has 0 heterocycles. The maximum absolute atomic E-state index is 11.9. The Morgan fingerprint density at radius 1 is 1.05 bits per heavy atom. The van der Waals surface area contributed by atoms with Crippen LogP contribution in [0, 0.1) is 0 Å².